The maximum absolute atomic E-state index is 14.7. The summed E-state index contributed by atoms with van der Waals surface area (Å²) in [6.07, 6.45) is 2.54. The summed E-state index contributed by atoms with van der Waals surface area (Å²) in [5, 5.41) is 3.36. The molecule has 1 N–H and O–H groups in total. The number of halogens is 1. The van der Waals surface area contributed by atoms with E-state index in [4.69, 9.17) is 0 Å². The number of hydrogen-bond acceptors (Lipinski definition) is 3. The molecule has 2 aliphatic heterocycles. The fourth-order valence-corrected chi connectivity index (χ4v) is 4.15. The fourth-order valence-electron chi connectivity index (χ4n) is 4.15. The number of carbonyl (C=O) groups is 2. The van der Waals surface area contributed by atoms with Gasteiger partial charge in [-0.1, -0.05) is 34.3 Å². The smallest absolute Gasteiger partial charge is 0.281 e. The zero-order valence-electron chi connectivity index (χ0n) is 16.7. The van der Waals surface area contributed by atoms with Gasteiger partial charge >= 0.3 is 0 Å². The first-order chi connectivity index (χ1) is 14.0. The Morgan fingerprint density at radius 3 is 2.72 bits per heavy atom. The van der Waals surface area contributed by atoms with Gasteiger partial charge in [-0.3, -0.25) is 14.5 Å². The quantitative estimate of drug-likeness (QED) is 0.800. The second-order valence-electron chi connectivity index (χ2n) is 8.03. The van der Waals surface area contributed by atoms with E-state index in [2.05, 4.69) is 22.3 Å². The number of rotatable bonds is 4. The Kier molecular flexibility index (Phi) is 5.62. The van der Waals surface area contributed by atoms with Crippen LogP contribution in [-0.2, 0) is 17.8 Å². The molecule has 152 valence electrons. The van der Waals surface area contributed by atoms with E-state index in [0.29, 0.717) is 29.9 Å². The molecular weight excluding hydrogens is 369 g/mol. The van der Waals surface area contributed by atoms with Gasteiger partial charge in [0, 0.05) is 37.3 Å². The van der Waals surface area contributed by atoms with E-state index in [1.54, 1.807) is 18.2 Å². The van der Waals surface area contributed by atoms with Crippen LogP contribution in [0.3, 0.4) is 0 Å². The zero-order valence-corrected chi connectivity index (χ0v) is 16.7. The van der Waals surface area contributed by atoms with Crippen LogP contribution in [0.1, 0.15) is 46.3 Å². The number of hydrogen-bond donors (Lipinski definition) is 1. The number of fused-ring (bicyclic) bond motifs is 1. The summed E-state index contributed by atoms with van der Waals surface area (Å²) in [6.45, 7) is 4.11. The molecule has 0 atom stereocenters. The van der Waals surface area contributed by atoms with Crippen molar-refractivity contribution in [3.63, 3.8) is 0 Å². The van der Waals surface area contributed by atoms with Crippen molar-refractivity contribution >= 4 is 17.5 Å². The van der Waals surface area contributed by atoms with Crippen LogP contribution in [0, 0.1) is 6.92 Å². The third kappa shape index (κ3) is 4.48. The van der Waals surface area contributed by atoms with Crippen LogP contribution >= 0.6 is 0 Å². The minimum Gasteiger partial charge on any atom is -0.326 e. The molecule has 2 aliphatic rings. The molecule has 0 saturated carbocycles. The summed E-state index contributed by atoms with van der Waals surface area (Å²) in [6, 6.07) is 12.9. The summed E-state index contributed by atoms with van der Waals surface area (Å²) in [7, 11) is 0. The Labute approximate surface area is 170 Å². The molecule has 0 aromatic heterocycles. The number of likely N-dealkylation sites (tertiary alicyclic amines) is 1. The lowest BCUT2D eigenvalue weighted by molar-refractivity contribution is -0.116. The molecular formula is C23H26FN3O2. The number of anilines is 1. The van der Waals surface area contributed by atoms with Gasteiger partial charge in [0.15, 0.2) is 0 Å². The van der Waals surface area contributed by atoms with Crippen LogP contribution in [0.4, 0.5) is 10.2 Å². The minimum absolute atomic E-state index is 0.0665. The highest BCUT2D eigenvalue weighted by molar-refractivity contribution is 5.94. The number of benzene rings is 2. The van der Waals surface area contributed by atoms with E-state index >= 15 is 0 Å². The van der Waals surface area contributed by atoms with E-state index in [9.17, 15) is 14.1 Å². The molecule has 2 aromatic carbocycles. The van der Waals surface area contributed by atoms with Crippen molar-refractivity contribution in [2.45, 2.75) is 45.2 Å². The Morgan fingerprint density at radius 1 is 1.17 bits per heavy atom. The molecule has 0 radical (unpaired) electrons. The lowest BCUT2D eigenvalue weighted by Crippen LogP contribution is -2.43. The molecule has 1 saturated heterocycles. The number of nitrogens with one attached hydrogen (secondary N) is 1. The molecule has 2 amide bonds. The van der Waals surface area contributed by atoms with E-state index in [0.717, 1.165) is 42.9 Å². The zero-order chi connectivity index (χ0) is 20.4. The number of nitrogens with zero attached hydrogens (tertiary/aromatic N) is 2. The minimum atomic E-state index is -0.558. The highest BCUT2D eigenvalue weighted by Gasteiger charge is 2.29. The first kappa shape index (κ1) is 19.6. The van der Waals surface area contributed by atoms with Gasteiger partial charge in [-0.2, -0.15) is 5.12 Å². The SMILES string of the molecule is Cc1cccc(C(=O)N(F)C2CCN(Cc3ccc4c(c3)NC(=O)CC4)CC2)c1. The molecule has 2 heterocycles. The van der Waals surface area contributed by atoms with Gasteiger partial charge in [-0.15, -0.1) is 0 Å². The van der Waals surface area contributed by atoms with Crippen molar-refractivity contribution in [3.05, 3.63) is 64.7 Å². The monoisotopic (exact) mass is 395 g/mol. The molecule has 1 fully saturated rings. The maximum atomic E-state index is 14.7. The van der Waals surface area contributed by atoms with Crippen molar-refractivity contribution in [1.29, 1.82) is 0 Å². The van der Waals surface area contributed by atoms with Gasteiger partial charge in [-0.25, -0.2) is 0 Å². The summed E-state index contributed by atoms with van der Waals surface area (Å²) >= 11 is 0. The topological polar surface area (TPSA) is 52.7 Å². The van der Waals surface area contributed by atoms with Crippen LogP contribution in [0.2, 0.25) is 0 Å². The summed E-state index contributed by atoms with van der Waals surface area (Å²) < 4.78 is 14.7. The van der Waals surface area contributed by atoms with Crippen LogP contribution in [0.25, 0.3) is 0 Å². The van der Waals surface area contributed by atoms with Crippen molar-refractivity contribution in [2.75, 3.05) is 18.4 Å². The standard InChI is InChI=1S/C23H26FN3O2/c1-16-3-2-4-19(13-16)23(29)27(24)20-9-11-26(12-10-20)15-17-5-6-18-7-8-22(28)25-21(18)14-17/h2-6,13-14,20H,7-12,15H2,1H3,(H,25,28). The van der Waals surface area contributed by atoms with Gasteiger partial charge in [-0.05, 0) is 55.5 Å². The van der Waals surface area contributed by atoms with E-state index < -0.39 is 5.91 Å². The Morgan fingerprint density at radius 2 is 1.97 bits per heavy atom. The molecule has 29 heavy (non-hydrogen) atoms. The Hall–Kier alpha value is -2.73. The van der Waals surface area contributed by atoms with Gasteiger partial charge < -0.3 is 5.32 Å². The largest absolute Gasteiger partial charge is 0.326 e. The van der Waals surface area contributed by atoms with Crippen molar-refractivity contribution in [3.8, 4) is 0 Å². The van der Waals surface area contributed by atoms with Gasteiger partial charge in [0.25, 0.3) is 5.91 Å². The van der Waals surface area contributed by atoms with Gasteiger partial charge in [0.05, 0.1) is 6.04 Å². The van der Waals surface area contributed by atoms with Crippen LogP contribution in [0.5, 0.6) is 0 Å². The third-order valence-electron chi connectivity index (χ3n) is 5.81. The molecule has 4 rings (SSSR count). The second kappa shape index (κ2) is 8.33. The molecule has 2 aromatic rings. The number of amides is 2. The van der Waals surface area contributed by atoms with Crippen LogP contribution in [-0.4, -0.2) is 41.0 Å². The second-order valence-corrected chi connectivity index (χ2v) is 8.03. The summed E-state index contributed by atoms with van der Waals surface area (Å²) in [4.78, 5) is 26.3. The van der Waals surface area contributed by atoms with Crippen LogP contribution in [0.15, 0.2) is 42.5 Å². The van der Waals surface area contributed by atoms with E-state index in [1.165, 1.54) is 5.56 Å². The first-order valence-corrected chi connectivity index (χ1v) is 10.2. The first-order valence-electron chi connectivity index (χ1n) is 10.2. The van der Waals surface area contributed by atoms with Crippen molar-refractivity contribution in [2.24, 2.45) is 0 Å². The average Bonchev–Trinajstić information content (AvgIpc) is 2.73. The van der Waals surface area contributed by atoms with Gasteiger partial charge in [0.1, 0.15) is 0 Å². The fraction of sp³-hybridized carbons (Fsp3) is 0.391. The lowest BCUT2D eigenvalue weighted by Gasteiger charge is -2.34. The normalized spacial score (nSPS) is 17.5. The molecule has 0 bridgehead atoms. The van der Waals surface area contributed by atoms with E-state index in [1.807, 2.05) is 19.1 Å². The summed E-state index contributed by atoms with van der Waals surface area (Å²) in [5.41, 5.74) is 4.56. The number of carbonyl (C=O) groups excluding carboxylic acids is 2. The molecule has 0 unspecified atom stereocenters. The predicted molar refractivity (Wildman–Crippen MR) is 110 cm³/mol. The Bertz CT molecular complexity index is 922. The lowest BCUT2D eigenvalue weighted by atomic mass is 9.99. The highest BCUT2D eigenvalue weighted by atomic mass is 19.2. The molecule has 0 spiro atoms. The maximum Gasteiger partial charge on any atom is 0.281 e. The highest BCUT2D eigenvalue weighted by Crippen LogP contribution is 2.26. The molecule has 0 aliphatic carbocycles. The van der Waals surface area contributed by atoms with Crippen molar-refractivity contribution in [1.82, 2.24) is 10.0 Å². The number of piperidine rings is 1. The molecule has 5 nitrogen and oxygen atoms in total. The van der Waals surface area contributed by atoms with Gasteiger partial charge in [0.2, 0.25) is 5.91 Å². The van der Waals surface area contributed by atoms with Crippen LogP contribution < -0.4 is 5.32 Å². The molecule has 6 heteroatoms. The third-order valence-corrected chi connectivity index (χ3v) is 5.81. The van der Waals surface area contributed by atoms with Crippen molar-refractivity contribution < 1.29 is 14.1 Å². The number of aryl methyl sites for hydroxylation is 2. The average molecular weight is 395 g/mol. The Balaban J connectivity index is 1.33. The predicted octanol–water partition coefficient (Wildman–Crippen LogP) is 3.87. The van der Waals surface area contributed by atoms with E-state index in [-0.39, 0.29) is 11.9 Å². The summed E-state index contributed by atoms with van der Waals surface area (Å²) in [5.74, 6) is -0.491.